The Labute approximate surface area is 94.5 Å². The van der Waals surface area contributed by atoms with Crippen LogP contribution in [0.5, 0.6) is 5.75 Å². The average Bonchev–Trinajstić information content (AvgIpc) is 3.13. The Morgan fingerprint density at radius 2 is 2.19 bits per heavy atom. The molecule has 1 aliphatic carbocycles. The van der Waals surface area contributed by atoms with E-state index >= 15 is 0 Å². The van der Waals surface area contributed by atoms with E-state index in [9.17, 15) is 0 Å². The molecule has 1 aromatic carbocycles. The van der Waals surface area contributed by atoms with Crippen LogP contribution in [0.2, 0.25) is 0 Å². The number of nitrogens with zero attached hydrogens (tertiary/aromatic N) is 1. The number of hydrogen-bond acceptors (Lipinski definition) is 3. The molecule has 3 heteroatoms. The summed E-state index contributed by atoms with van der Waals surface area (Å²) in [5.74, 6) is 0.896. The van der Waals surface area contributed by atoms with Crippen LogP contribution >= 0.6 is 0 Å². The van der Waals surface area contributed by atoms with Gasteiger partial charge in [0.2, 0.25) is 0 Å². The molecular formula is C13H14N2O. The van der Waals surface area contributed by atoms with Crippen LogP contribution in [0, 0.1) is 0 Å². The van der Waals surface area contributed by atoms with Crippen molar-refractivity contribution in [2.24, 2.45) is 0 Å². The Balaban J connectivity index is 2.17. The third-order valence-electron chi connectivity index (χ3n) is 2.93. The molecule has 0 spiro atoms. The minimum Gasteiger partial charge on any atom is -0.495 e. The Kier molecular flexibility index (Phi) is 2.17. The summed E-state index contributed by atoms with van der Waals surface area (Å²) in [6.07, 6.45) is 6.21. The fourth-order valence-corrected chi connectivity index (χ4v) is 1.89. The van der Waals surface area contributed by atoms with Gasteiger partial charge in [-0.1, -0.05) is 6.07 Å². The lowest BCUT2D eigenvalue weighted by molar-refractivity contribution is 0.417. The van der Waals surface area contributed by atoms with Crippen LogP contribution < -0.4 is 10.1 Å². The average molecular weight is 214 g/mol. The molecule has 3 nitrogen and oxygen atoms in total. The molecule has 0 unspecified atom stereocenters. The molecule has 0 radical (unpaired) electrons. The van der Waals surface area contributed by atoms with E-state index in [-0.39, 0.29) is 0 Å². The van der Waals surface area contributed by atoms with Crippen LogP contribution in [-0.4, -0.2) is 18.1 Å². The lowest BCUT2D eigenvalue weighted by Gasteiger charge is -2.13. The number of nitrogens with one attached hydrogen (secondary N) is 1. The molecule has 0 amide bonds. The van der Waals surface area contributed by atoms with Crippen molar-refractivity contribution >= 4 is 16.5 Å². The number of methoxy groups -OCH3 is 1. The van der Waals surface area contributed by atoms with E-state index < -0.39 is 0 Å². The summed E-state index contributed by atoms with van der Waals surface area (Å²) in [7, 11) is 1.70. The molecule has 82 valence electrons. The van der Waals surface area contributed by atoms with Crippen molar-refractivity contribution < 1.29 is 4.74 Å². The van der Waals surface area contributed by atoms with Crippen LogP contribution in [-0.2, 0) is 0 Å². The Morgan fingerprint density at radius 3 is 2.94 bits per heavy atom. The molecule has 0 aliphatic heterocycles. The third-order valence-corrected chi connectivity index (χ3v) is 2.93. The van der Waals surface area contributed by atoms with Gasteiger partial charge in [-0.3, -0.25) is 4.98 Å². The Hall–Kier alpha value is -1.77. The van der Waals surface area contributed by atoms with E-state index in [4.69, 9.17) is 4.74 Å². The molecule has 0 saturated heterocycles. The lowest BCUT2D eigenvalue weighted by atomic mass is 10.1. The first kappa shape index (κ1) is 9.46. The fraction of sp³-hybridized carbons (Fsp3) is 0.308. The Morgan fingerprint density at radius 1 is 1.31 bits per heavy atom. The smallest absolute Gasteiger partial charge is 0.142 e. The number of anilines is 1. The maximum Gasteiger partial charge on any atom is 0.142 e. The van der Waals surface area contributed by atoms with Gasteiger partial charge in [0.05, 0.1) is 12.8 Å². The number of hydrogen-bond donors (Lipinski definition) is 1. The van der Waals surface area contributed by atoms with Gasteiger partial charge in [-0.25, -0.2) is 0 Å². The maximum atomic E-state index is 5.39. The highest BCUT2D eigenvalue weighted by Crippen LogP contribution is 2.36. The lowest BCUT2D eigenvalue weighted by Crippen LogP contribution is -2.03. The molecule has 0 atom stereocenters. The number of fused-ring (bicyclic) bond motifs is 1. The van der Waals surface area contributed by atoms with E-state index in [1.54, 1.807) is 7.11 Å². The zero-order chi connectivity index (χ0) is 11.0. The van der Waals surface area contributed by atoms with Crippen LogP contribution in [0.4, 0.5) is 5.69 Å². The van der Waals surface area contributed by atoms with E-state index in [1.807, 2.05) is 24.5 Å². The fourth-order valence-electron chi connectivity index (χ4n) is 1.89. The SMILES string of the molecule is COc1ccc2ccncc2c1NC1CC1. The monoisotopic (exact) mass is 214 g/mol. The van der Waals surface area contributed by atoms with Gasteiger partial charge in [-0.2, -0.15) is 0 Å². The molecule has 1 aliphatic rings. The molecule has 2 aromatic rings. The van der Waals surface area contributed by atoms with E-state index in [0.29, 0.717) is 6.04 Å². The second-order valence-corrected chi connectivity index (χ2v) is 4.16. The van der Waals surface area contributed by atoms with Crippen molar-refractivity contribution in [3.8, 4) is 5.75 Å². The summed E-state index contributed by atoms with van der Waals surface area (Å²) in [6.45, 7) is 0. The van der Waals surface area contributed by atoms with Crippen molar-refractivity contribution in [1.29, 1.82) is 0 Å². The number of rotatable bonds is 3. The van der Waals surface area contributed by atoms with Crippen LogP contribution in [0.25, 0.3) is 10.8 Å². The topological polar surface area (TPSA) is 34.1 Å². The van der Waals surface area contributed by atoms with Gasteiger partial charge in [0, 0.05) is 23.8 Å². The highest BCUT2D eigenvalue weighted by atomic mass is 16.5. The Bertz CT molecular complexity index is 520. The minimum atomic E-state index is 0.611. The standard InChI is InChI=1S/C13H14N2O/c1-16-12-5-2-9-6-7-14-8-11(9)13(12)15-10-3-4-10/h2,5-8,10,15H,3-4H2,1H3. The molecule has 1 N–H and O–H groups in total. The molecule has 3 rings (SSSR count). The quantitative estimate of drug-likeness (QED) is 0.853. The predicted octanol–water partition coefficient (Wildman–Crippen LogP) is 2.82. The van der Waals surface area contributed by atoms with E-state index in [1.165, 1.54) is 18.2 Å². The molecule has 1 aromatic heterocycles. The van der Waals surface area contributed by atoms with Crippen LogP contribution in [0.3, 0.4) is 0 Å². The highest BCUT2D eigenvalue weighted by Gasteiger charge is 2.23. The van der Waals surface area contributed by atoms with Gasteiger partial charge in [0.1, 0.15) is 5.75 Å². The van der Waals surface area contributed by atoms with Crippen LogP contribution in [0.15, 0.2) is 30.6 Å². The predicted molar refractivity (Wildman–Crippen MR) is 64.9 cm³/mol. The van der Waals surface area contributed by atoms with Crippen molar-refractivity contribution in [2.45, 2.75) is 18.9 Å². The van der Waals surface area contributed by atoms with Gasteiger partial charge in [0.15, 0.2) is 0 Å². The van der Waals surface area contributed by atoms with Crippen molar-refractivity contribution in [3.05, 3.63) is 30.6 Å². The number of aromatic nitrogens is 1. The van der Waals surface area contributed by atoms with Gasteiger partial charge in [0.25, 0.3) is 0 Å². The van der Waals surface area contributed by atoms with Crippen molar-refractivity contribution in [1.82, 2.24) is 4.98 Å². The highest BCUT2D eigenvalue weighted by molar-refractivity contribution is 5.96. The zero-order valence-electron chi connectivity index (χ0n) is 9.23. The second-order valence-electron chi connectivity index (χ2n) is 4.16. The summed E-state index contributed by atoms with van der Waals surface area (Å²) in [5, 5.41) is 5.84. The van der Waals surface area contributed by atoms with Gasteiger partial charge in [-0.05, 0) is 30.4 Å². The third kappa shape index (κ3) is 1.58. The van der Waals surface area contributed by atoms with Gasteiger partial charge in [-0.15, -0.1) is 0 Å². The summed E-state index contributed by atoms with van der Waals surface area (Å²) < 4.78 is 5.39. The van der Waals surface area contributed by atoms with Gasteiger partial charge >= 0.3 is 0 Å². The van der Waals surface area contributed by atoms with Gasteiger partial charge < -0.3 is 10.1 Å². The minimum absolute atomic E-state index is 0.611. The van der Waals surface area contributed by atoms with Crippen molar-refractivity contribution in [3.63, 3.8) is 0 Å². The summed E-state index contributed by atoms with van der Waals surface area (Å²) in [5.41, 5.74) is 1.08. The zero-order valence-corrected chi connectivity index (χ0v) is 9.23. The molecular weight excluding hydrogens is 200 g/mol. The first-order valence-corrected chi connectivity index (χ1v) is 5.56. The second kappa shape index (κ2) is 3.67. The van der Waals surface area contributed by atoms with E-state index in [0.717, 1.165) is 16.8 Å². The van der Waals surface area contributed by atoms with E-state index in [2.05, 4.69) is 16.4 Å². The maximum absolute atomic E-state index is 5.39. The summed E-state index contributed by atoms with van der Waals surface area (Å²) in [6, 6.07) is 6.70. The summed E-state index contributed by atoms with van der Waals surface area (Å²) in [4.78, 5) is 4.18. The van der Waals surface area contributed by atoms with Crippen molar-refractivity contribution in [2.75, 3.05) is 12.4 Å². The molecule has 1 heterocycles. The largest absolute Gasteiger partial charge is 0.495 e. The first-order valence-electron chi connectivity index (χ1n) is 5.56. The molecule has 1 fully saturated rings. The number of ether oxygens (including phenoxy) is 1. The normalized spacial score (nSPS) is 15.1. The number of pyridine rings is 1. The molecule has 0 bridgehead atoms. The first-order chi connectivity index (χ1) is 7.88. The number of benzene rings is 1. The molecule has 1 saturated carbocycles. The van der Waals surface area contributed by atoms with Crippen LogP contribution in [0.1, 0.15) is 12.8 Å². The summed E-state index contributed by atoms with van der Waals surface area (Å²) >= 11 is 0. The molecule has 16 heavy (non-hydrogen) atoms.